The topological polar surface area (TPSA) is 66.0 Å². The van der Waals surface area contributed by atoms with Gasteiger partial charge in [0.1, 0.15) is 5.75 Å². The minimum atomic E-state index is -0.463. The number of nitrogens with one attached hydrogen (secondary N) is 2. The van der Waals surface area contributed by atoms with Crippen LogP contribution in [0.25, 0.3) is 0 Å². The van der Waals surface area contributed by atoms with Crippen LogP contribution in [0, 0.1) is 0 Å². The van der Waals surface area contributed by atoms with E-state index in [1.54, 1.807) is 25.5 Å². The second-order valence-corrected chi connectivity index (χ2v) is 8.34. The molecule has 6 nitrogen and oxygen atoms in total. The van der Waals surface area contributed by atoms with Crippen LogP contribution >= 0.6 is 11.6 Å². The van der Waals surface area contributed by atoms with Gasteiger partial charge in [0.15, 0.2) is 0 Å². The first-order valence-corrected chi connectivity index (χ1v) is 9.91. The van der Waals surface area contributed by atoms with Crippen LogP contribution in [-0.4, -0.2) is 31.9 Å². The fourth-order valence-corrected chi connectivity index (χ4v) is 3.97. The van der Waals surface area contributed by atoms with E-state index in [1.165, 1.54) is 5.56 Å². The SMILES string of the molecule is COc1ccccc1NC(=O)N/N=C/c1cc2c(cc1Cl)N(C)C(C)(C)C[C@@H]2C. The smallest absolute Gasteiger partial charge is 0.339 e. The van der Waals surface area contributed by atoms with Crippen LogP contribution in [-0.2, 0) is 0 Å². The molecular weight excluding hydrogens is 388 g/mol. The molecule has 0 saturated heterocycles. The number of benzene rings is 2. The predicted molar refractivity (Wildman–Crippen MR) is 120 cm³/mol. The Bertz CT molecular complexity index is 942. The molecule has 2 aromatic carbocycles. The average Bonchev–Trinajstić information content (AvgIpc) is 2.67. The van der Waals surface area contributed by atoms with E-state index in [-0.39, 0.29) is 5.54 Å². The van der Waals surface area contributed by atoms with Gasteiger partial charge in [0.2, 0.25) is 0 Å². The zero-order valence-corrected chi connectivity index (χ0v) is 18.2. The van der Waals surface area contributed by atoms with Crippen molar-refractivity contribution in [3.8, 4) is 5.75 Å². The fourth-order valence-electron chi connectivity index (χ4n) is 3.76. The number of methoxy groups -OCH3 is 1. The van der Waals surface area contributed by atoms with E-state index in [2.05, 4.69) is 54.6 Å². The average molecular weight is 415 g/mol. The van der Waals surface area contributed by atoms with Crippen molar-refractivity contribution in [2.45, 2.75) is 38.6 Å². The highest BCUT2D eigenvalue weighted by atomic mass is 35.5. The number of para-hydroxylation sites is 2. The summed E-state index contributed by atoms with van der Waals surface area (Å²) in [6, 6.07) is 10.7. The number of nitrogens with zero attached hydrogens (tertiary/aromatic N) is 2. The van der Waals surface area contributed by atoms with Gasteiger partial charge in [0, 0.05) is 23.8 Å². The molecule has 0 bridgehead atoms. The Kier molecular flexibility index (Phi) is 6.03. The van der Waals surface area contributed by atoms with E-state index < -0.39 is 6.03 Å². The van der Waals surface area contributed by atoms with Crippen molar-refractivity contribution in [3.05, 3.63) is 52.5 Å². The lowest BCUT2D eigenvalue weighted by Gasteiger charge is -2.45. The zero-order valence-electron chi connectivity index (χ0n) is 17.4. The number of carbonyl (C=O) groups excluding carboxylic acids is 1. The Morgan fingerprint density at radius 1 is 1.34 bits per heavy atom. The van der Waals surface area contributed by atoms with Gasteiger partial charge < -0.3 is 15.0 Å². The molecule has 7 heteroatoms. The number of fused-ring (bicyclic) bond motifs is 1. The number of rotatable bonds is 4. The third kappa shape index (κ3) is 4.48. The predicted octanol–water partition coefficient (Wildman–Crippen LogP) is 5.23. The second kappa shape index (κ2) is 8.33. The first-order valence-electron chi connectivity index (χ1n) is 9.53. The van der Waals surface area contributed by atoms with E-state index >= 15 is 0 Å². The molecule has 0 radical (unpaired) electrons. The Morgan fingerprint density at radius 3 is 2.79 bits per heavy atom. The van der Waals surface area contributed by atoms with Gasteiger partial charge >= 0.3 is 6.03 Å². The van der Waals surface area contributed by atoms with E-state index in [0.29, 0.717) is 22.4 Å². The van der Waals surface area contributed by atoms with Crippen molar-refractivity contribution in [2.24, 2.45) is 5.10 Å². The van der Waals surface area contributed by atoms with Gasteiger partial charge in [-0.3, -0.25) is 0 Å². The third-order valence-corrected chi connectivity index (χ3v) is 5.80. The Morgan fingerprint density at radius 2 is 2.07 bits per heavy atom. The first-order chi connectivity index (χ1) is 13.7. The summed E-state index contributed by atoms with van der Waals surface area (Å²) in [5.74, 6) is 0.979. The maximum absolute atomic E-state index is 12.1. The van der Waals surface area contributed by atoms with E-state index in [9.17, 15) is 4.79 Å². The number of anilines is 2. The summed E-state index contributed by atoms with van der Waals surface area (Å²) < 4.78 is 5.22. The minimum absolute atomic E-state index is 0.0729. The number of amides is 2. The molecule has 0 aliphatic carbocycles. The molecule has 2 amide bonds. The van der Waals surface area contributed by atoms with Crippen LogP contribution < -0.4 is 20.4 Å². The van der Waals surface area contributed by atoms with Crippen molar-refractivity contribution in [2.75, 3.05) is 24.4 Å². The highest BCUT2D eigenvalue weighted by Gasteiger charge is 2.34. The van der Waals surface area contributed by atoms with Gasteiger partial charge in [-0.05, 0) is 56.0 Å². The molecular formula is C22H27ClN4O2. The first kappa shape index (κ1) is 21.0. The Labute approximate surface area is 176 Å². The van der Waals surface area contributed by atoms with Crippen LogP contribution in [0.4, 0.5) is 16.2 Å². The van der Waals surface area contributed by atoms with Crippen LogP contribution in [0.1, 0.15) is 44.2 Å². The molecule has 2 aromatic rings. The lowest BCUT2D eigenvalue weighted by Crippen LogP contribution is -2.45. The van der Waals surface area contributed by atoms with Crippen molar-refractivity contribution in [1.82, 2.24) is 5.43 Å². The molecule has 0 aromatic heterocycles. The number of hydrogen-bond donors (Lipinski definition) is 2. The molecule has 1 heterocycles. The number of hydrogen-bond acceptors (Lipinski definition) is 4. The highest BCUT2D eigenvalue weighted by Crippen LogP contribution is 2.44. The van der Waals surface area contributed by atoms with Gasteiger partial charge in [-0.1, -0.05) is 30.7 Å². The van der Waals surface area contributed by atoms with Gasteiger partial charge in [0.25, 0.3) is 0 Å². The third-order valence-electron chi connectivity index (χ3n) is 5.48. The molecule has 0 unspecified atom stereocenters. The molecule has 29 heavy (non-hydrogen) atoms. The van der Waals surface area contributed by atoms with Gasteiger partial charge in [-0.2, -0.15) is 5.10 Å². The lowest BCUT2D eigenvalue weighted by molar-refractivity contribution is 0.252. The maximum atomic E-state index is 12.1. The van der Waals surface area contributed by atoms with E-state index in [4.69, 9.17) is 16.3 Å². The summed E-state index contributed by atoms with van der Waals surface area (Å²) in [4.78, 5) is 14.4. The van der Waals surface area contributed by atoms with Gasteiger partial charge in [-0.15, -0.1) is 0 Å². The summed E-state index contributed by atoms with van der Waals surface area (Å²) in [5, 5.41) is 7.35. The maximum Gasteiger partial charge on any atom is 0.339 e. The van der Waals surface area contributed by atoms with Crippen LogP contribution in [0.15, 0.2) is 41.5 Å². The quantitative estimate of drug-likeness (QED) is 0.532. The molecule has 154 valence electrons. The second-order valence-electron chi connectivity index (χ2n) is 7.93. The van der Waals surface area contributed by atoms with Crippen LogP contribution in [0.5, 0.6) is 5.75 Å². The molecule has 2 N–H and O–H groups in total. The number of halogens is 1. The standard InChI is InChI=1S/C22H27ClN4O2/c1-14-12-22(2,3)27(4)19-11-17(23)15(10-16(14)19)13-24-26-21(28)25-18-8-6-7-9-20(18)29-5/h6-11,13-14H,12H2,1-5H3,(H2,25,26,28)/b24-13+/t14-/m0/s1. The number of carbonyl (C=O) groups is 1. The molecule has 1 atom stereocenters. The van der Waals surface area contributed by atoms with Gasteiger partial charge in [-0.25, -0.2) is 10.2 Å². The normalized spacial score (nSPS) is 17.7. The molecule has 0 saturated carbocycles. The number of hydrazone groups is 1. The van der Waals surface area contributed by atoms with Crippen LogP contribution in [0.2, 0.25) is 5.02 Å². The van der Waals surface area contributed by atoms with Crippen molar-refractivity contribution >= 4 is 35.2 Å². The van der Waals surface area contributed by atoms with E-state index in [1.807, 2.05) is 18.2 Å². The molecule has 0 fully saturated rings. The lowest BCUT2D eigenvalue weighted by atomic mass is 9.80. The highest BCUT2D eigenvalue weighted by molar-refractivity contribution is 6.33. The molecule has 1 aliphatic rings. The number of urea groups is 1. The van der Waals surface area contributed by atoms with Crippen molar-refractivity contribution in [3.63, 3.8) is 0 Å². The van der Waals surface area contributed by atoms with Crippen LogP contribution in [0.3, 0.4) is 0 Å². The summed E-state index contributed by atoms with van der Waals surface area (Å²) in [7, 11) is 3.65. The largest absolute Gasteiger partial charge is 0.495 e. The number of ether oxygens (including phenoxy) is 1. The molecule has 0 spiro atoms. The van der Waals surface area contributed by atoms with Crippen molar-refractivity contribution < 1.29 is 9.53 Å². The summed E-state index contributed by atoms with van der Waals surface area (Å²) >= 11 is 6.49. The fraction of sp³-hybridized carbons (Fsp3) is 0.364. The van der Waals surface area contributed by atoms with Gasteiger partial charge in [0.05, 0.1) is 24.0 Å². The summed E-state index contributed by atoms with van der Waals surface area (Å²) in [6.45, 7) is 6.70. The Balaban J connectivity index is 1.73. The monoisotopic (exact) mass is 414 g/mol. The summed E-state index contributed by atoms with van der Waals surface area (Å²) in [6.07, 6.45) is 2.62. The Hall–Kier alpha value is -2.73. The van der Waals surface area contributed by atoms with E-state index in [0.717, 1.165) is 17.7 Å². The molecule has 1 aliphatic heterocycles. The van der Waals surface area contributed by atoms with Crippen molar-refractivity contribution in [1.29, 1.82) is 0 Å². The summed E-state index contributed by atoms with van der Waals surface area (Å²) in [5.41, 5.74) is 6.24. The molecule has 3 rings (SSSR count). The zero-order chi connectivity index (χ0) is 21.2. The minimum Gasteiger partial charge on any atom is -0.495 e.